The van der Waals surface area contributed by atoms with Gasteiger partial charge in [0.25, 0.3) is 5.91 Å². The Balaban J connectivity index is 1.55. The first-order valence-electron chi connectivity index (χ1n) is 7.81. The predicted molar refractivity (Wildman–Crippen MR) is 77.7 cm³/mol. The van der Waals surface area contributed by atoms with Crippen molar-refractivity contribution in [1.29, 1.82) is 0 Å². The Morgan fingerprint density at radius 1 is 1.25 bits per heavy atom. The van der Waals surface area contributed by atoms with E-state index in [-0.39, 0.29) is 11.4 Å². The summed E-state index contributed by atoms with van der Waals surface area (Å²) in [5.41, 5.74) is 0.929. The molecule has 1 aromatic rings. The Labute approximate surface area is 123 Å². The van der Waals surface area contributed by atoms with Gasteiger partial charge in [0.1, 0.15) is 4.88 Å². The molecule has 0 unspecified atom stereocenters. The standard InChI is InChI=1S/C15H21N3OS/c1-2-12-13(20-18-17-12)14(19)16-15-6-9-3-10(7-15)5-11(4-9)8-15/h9-11H,2-8H2,1H3,(H,16,19). The molecule has 0 atom stereocenters. The highest BCUT2D eigenvalue weighted by atomic mass is 32.1. The van der Waals surface area contributed by atoms with Crippen LogP contribution in [0.1, 0.15) is 60.8 Å². The summed E-state index contributed by atoms with van der Waals surface area (Å²) in [5, 5.41) is 7.45. The lowest BCUT2D eigenvalue weighted by Crippen LogP contribution is -2.59. The van der Waals surface area contributed by atoms with Crippen LogP contribution in [0.15, 0.2) is 0 Å². The van der Waals surface area contributed by atoms with Gasteiger partial charge in [0.05, 0.1) is 5.69 Å². The van der Waals surface area contributed by atoms with Gasteiger partial charge in [-0.3, -0.25) is 4.79 Å². The minimum absolute atomic E-state index is 0.0683. The lowest BCUT2D eigenvalue weighted by Gasteiger charge is -2.56. The molecule has 1 N–H and O–H groups in total. The van der Waals surface area contributed by atoms with Crippen LogP contribution in [0.5, 0.6) is 0 Å². The summed E-state index contributed by atoms with van der Waals surface area (Å²) in [4.78, 5) is 13.3. The summed E-state index contributed by atoms with van der Waals surface area (Å²) in [5.74, 6) is 2.63. The van der Waals surface area contributed by atoms with Crippen LogP contribution in [-0.2, 0) is 6.42 Å². The van der Waals surface area contributed by atoms with Crippen LogP contribution in [-0.4, -0.2) is 21.0 Å². The van der Waals surface area contributed by atoms with Gasteiger partial charge in [0.15, 0.2) is 0 Å². The highest BCUT2D eigenvalue weighted by Gasteiger charge is 2.51. The first-order chi connectivity index (χ1) is 9.67. The molecule has 4 aliphatic rings. The lowest BCUT2D eigenvalue weighted by molar-refractivity contribution is -0.0166. The summed E-state index contributed by atoms with van der Waals surface area (Å²) in [6.45, 7) is 2.03. The monoisotopic (exact) mass is 291 g/mol. The fraction of sp³-hybridized carbons (Fsp3) is 0.800. The zero-order valence-electron chi connectivity index (χ0n) is 11.9. The number of aryl methyl sites for hydroxylation is 1. The number of nitrogens with zero attached hydrogens (tertiary/aromatic N) is 2. The van der Waals surface area contributed by atoms with Crippen molar-refractivity contribution in [2.45, 2.75) is 57.4 Å². The average Bonchev–Trinajstić information content (AvgIpc) is 2.84. The molecule has 20 heavy (non-hydrogen) atoms. The third-order valence-electron chi connectivity index (χ3n) is 5.51. The second kappa shape index (κ2) is 4.52. The zero-order chi connectivity index (χ0) is 13.7. The first-order valence-corrected chi connectivity index (χ1v) is 8.58. The van der Waals surface area contributed by atoms with Crippen LogP contribution in [0.3, 0.4) is 0 Å². The fourth-order valence-corrected chi connectivity index (χ4v) is 5.82. The van der Waals surface area contributed by atoms with E-state index >= 15 is 0 Å². The average molecular weight is 291 g/mol. The molecule has 4 fully saturated rings. The molecular weight excluding hydrogens is 270 g/mol. The van der Waals surface area contributed by atoms with E-state index in [0.29, 0.717) is 0 Å². The molecule has 0 spiro atoms. The molecule has 1 heterocycles. The normalized spacial score (nSPS) is 38.1. The van der Waals surface area contributed by atoms with Gasteiger partial charge in [-0.2, -0.15) is 0 Å². The van der Waals surface area contributed by atoms with Crippen molar-refractivity contribution in [2.24, 2.45) is 17.8 Å². The van der Waals surface area contributed by atoms with Crippen molar-refractivity contribution in [2.75, 3.05) is 0 Å². The Bertz CT molecular complexity index is 504. The van der Waals surface area contributed by atoms with Crippen LogP contribution in [0, 0.1) is 17.8 Å². The largest absolute Gasteiger partial charge is 0.346 e. The molecule has 0 aliphatic heterocycles. The highest BCUT2D eigenvalue weighted by Crippen LogP contribution is 2.55. The Morgan fingerprint density at radius 2 is 1.85 bits per heavy atom. The van der Waals surface area contributed by atoms with E-state index in [1.54, 1.807) is 0 Å². The fourth-order valence-electron chi connectivity index (χ4n) is 5.17. The Kier molecular flexibility index (Phi) is 2.88. The number of rotatable bonds is 3. The molecule has 1 aromatic heterocycles. The van der Waals surface area contributed by atoms with E-state index in [4.69, 9.17) is 0 Å². The van der Waals surface area contributed by atoms with Gasteiger partial charge in [0, 0.05) is 5.54 Å². The summed E-state index contributed by atoms with van der Waals surface area (Å²) < 4.78 is 3.94. The topological polar surface area (TPSA) is 54.9 Å². The number of nitrogens with one attached hydrogen (secondary N) is 1. The van der Waals surface area contributed by atoms with Gasteiger partial charge in [0.2, 0.25) is 0 Å². The van der Waals surface area contributed by atoms with E-state index in [1.807, 2.05) is 6.92 Å². The maximum Gasteiger partial charge on any atom is 0.265 e. The van der Waals surface area contributed by atoms with Crippen molar-refractivity contribution in [3.8, 4) is 0 Å². The maximum absolute atomic E-state index is 12.6. The van der Waals surface area contributed by atoms with Crippen LogP contribution in [0.4, 0.5) is 0 Å². The summed E-state index contributed by atoms with van der Waals surface area (Å²) in [7, 11) is 0. The van der Waals surface area contributed by atoms with Gasteiger partial charge in [-0.1, -0.05) is 11.4 Å². The number of aromatic nitrogens is 2. The Hall–Kier alpha value is -0.970. The van der Waals surface area contributed by atoms with Crippen LogP contribution < -0.4 is 5.32 Å². The minimum atomic E-state index is 0.0683. The minimum Gasteiger partial charge on any atom is -0.346 e. The molecule has 5 heteroatoms. The van der Waals surface area contributed by atoms with Crippen molar-refractivity contribution in [3.63, 3.8) is 0 Å². The number of carbonyl (C=O) groups is 1. The number of hydrogen-bond acceptors (Lipinski definition) is 4. The summed E-state index contributed by atoms with van der Waals surface area (Å²) in [6, 6.07) is 0. The molecular formula is C15H21N3OS. The predicted octanol–water partition coefficient (Wildman–Crippen LogP) is 2.80. The highest BCUT2D eigenvalue weighted by molar-refractivity contribution is 7.08. The van der Waals surface area contributed by atoms with Gasteiger partial charge in [-0.25, -0.2) is 0 Å². The van der Waals surface area contributed by atoms with Crippen molar-refractivity contribution in [3.05, 3.63) is 10.6 Å². The van der Waals surface area contributed by atoms with Crippen molar-refractivity contribution in [1.82, 2.24) is 14.9 Å². The molecule has 4 aliphatic carbocycles. The second-order valence-electron chi connectivity index (χ2n) is 7.05. The molecule has 0 aromatic carbocycles. The summed E-state index contributed by atoms with van der Waals surface area (Å²) >= 11 is 1.24. The van der Waals surface area contributed by atoms with Crippen LogP contribution >= 0.6 is 11.5 Å². The van der Waals surface area contributed by atoms with Gasteiger partial charge in [-0.15, -0.1) is 5.10 Å². The molecule has 1 amide bonds. The van der Waals surface area contributed by atoms with Gasteiger partial charge in [-0.05, 0) is 74.2 Å². The third kappa shape index (κ3) is 1.98. The van der Waals surface area contributed by atoms with E-state index in [9.17, 15) is 4.79 Å². The number of hydrogen-bond donors (Lipinski definition) is 1. The molecule has 4 saturated carbocycles. The molecule has 4 nitrogen and oxygen atoms in total. The van der Waals surface area contributed by atoms with E-state index < -0.39 is 0 Å². The van der Waals surface area contributed by atoms with Crippen molar-refractivity contribution >= 4 is 17.4 Å². The second-order valence-corrected chi connectivity index (χ2v) is 7.81. The van der Waals surface area contributed by atoms with E-state index in [1.165, 1.54) is 50.1 Å². The van der Waals surface area contributed by atoms with E-state index in [2.05, 4.69) is 14.9 Å². The number of carbonyl (C=O) groups excluding carboxylic acids is 1. The molecule has 5 rings (SSSR count). The Morgan fingerprint density at radius 3 is 2.40 bits per heavy atom. The van der Waals surface area contributed by atoms with Crippen LogP contribution in [0.25, 0.3) is 0 Å². The molecule has 4 bridgehead atoms. The molecule has 0 radical (unpaired) electrons. The van der Waals surface area contributed by atoms with Crippen molar-refractivity contribution < 1.29 is 4.79 Å². The maximum atomic E-state index is 12.6. The summed E-state index contributed by atoms with van der Waals surface area (Å²) in [6.07, 6.45) is 8.56. The molecule has 0 saturated heterocycles. The van der Waals surface area contributed by atoms with Gasteiger partial charge < -0.3 is 5.32 Å². The first kappa shape index (κ1) is 12.7. The van der Waals surface area contributed by atoms with Gasteiger partial charge >= 0.3 is 0 Å². The van der Waals surface area contributed by atoms with E-state index in [0.717, 1.165) is 34.7 Å². The smallest absolute Gasteiger partial charge is 0.265 e. The molecule has 108 valence electrons. The lowest BCUT2D eigenvalue weighted by atomic mass is 9.53. The zero-order valence-corrected chi connectivity index (χ0v) is 12.7. The number of amides is 1. The third-order valence-corrected chi connectivity index (χ3v) is 6.28. The van der Waals surface area contributed by atoms with Crippen LogP contribution in [0.2, 0.25) is 0 Å². The SMILES string of the molecule is CCc1nnsc1C(=O)NC12CC3CC(CC(C3)C1)C2. The quantitative estimate of drug-likeness (QED) is 0.931.